The van der Waals surface area contributed by atoms with E-state index in [9.17, 15) is 4.79 Å². The van der Waals surface area contributed by atoms with Gasteiger partial charge in [-0.25, -0.2) is 4.68 Å². The molecule has 1 aliphatic heterocycles. The summed E-state index contributed by atoms with van der Waals surface area (Å²) in [5.41, 5.74) is 1.17. The molecule has 1 aromatic heterocycles. The Morgan fingerprint density at radius 2 is 1.86 bits per heavy atom. The van der Waals surface area contributed by atoms with Gasteiger partial charge in [0, 0.05) is 31.9 Å². The third-order valence-corrected chi connectivity index (χ3v) is 6.67. The molecule has 1 amide bonds. The quantitative estimate of drug-likeness (QED) is 0.686. The van der Waals surface area contributed by atoms with Crippen molar-refractivity contribution >= 4 is 23.4 Å². The maximum Gasteiger partial charge on any atom is 0.232 e. The van der Waals surface area contributed by atoms with Crippen molar-refractivity contribution in [1.29, 1.82) is 0 Å². The fourth-order valence-corrected chi connectivity index (χ4v) is 4.90. The molecule has 0 unspecified atom stereocenters. The van der Waals surface area contributed by atoms with Crippen molar-refractivity contribution in [3.05, 3.63) is 30.1 Å². The Morgan fingerprint density at radius 1 is 1.14 bits per heavy atom. The lowest BCUT2D eigenvalue weighted by Gasteiger charge is -2.36. The van der Waals surface area contributed by atoms with Gasteiger partial charge in [-0.3, -0.25) is 4.79 Å². The van der Waals surface area contributed by atoms with Crippen LogP contribution in [0.4, 0.5) is 5.69 Å². The van der Waals surface area contributed by atoms with Gasteiger partial charge in [0.15, 0.2) is 5.82 Å². The van der Waals surface area contributed by atoms with Crippen LogP contribution in [-0.2, 0) is 10.5 Å². The van der Waals surface area contributed by atoms with E-state index in [0.717, 1.165) is 50.6 Å². The lowest BCUT2D eigenvalue weighted by atomic mass is 10.2. The van der Waals surface area contributed by atoms with Crippen LogP contribution < -0.4 is 9.64 Å². The molecule has 9 heteroatoms. The summed E-state index contributed by atoms with van der Waals surface area (Å²) >= 11 is 1.60. The number of carbonyl (C=O) groups is 1. The maximum atomic E-state index is 12.6. The first kappa shape index (κ1) is 20.0. The van der Waals surface area contributed by atoms with E-state index in [4.69, 9.17) is 4.74 Å². The van der Waals surface area contributed by atoms with Gasteiger partial charge >= 0.3 is 0 Å². The number of rotatable bonds is 7. The second-order valence-electron chi connectivity index (χ2n) is 7.54. The predicted octanol–water partition coefficient (Wildman–Crippen LogP) is 2.38. The van der Waals surface area contributed by atoms with Crippen molar-refractivity contribution in [2.24, 2.45) is 0 Å². The normalized spacial score (nSPS) is 17.7. The van der Waals surface area contributed by atoms with Gasteiger partial charge in [0.1, 0.15) is 5.75 Å². The standard InChI is InChI=1S/C20H28N6O2S/c1-28-18-8-6-16(7-9-18)24-10-12-25(13-11-24)20(27)15-29-14-19-21-22-23-26(19)17-4-2-3-5-17/h6-9,17H,2-5,10-15H2,1H3. The number of tetrazole rings is 1. The number of hydrogen-bond donors (Lipinski definition) is 0. The fourth-order valence-electron chi connectivity index (χ4n) is 4.07. The molecule has 0 bridgehead atoms. The molecular weight excluding hydrogens is 388 g/mol. The van der Waals surface area contributed by atoms with E-state index >= 15 is 0 Å². The van der Waals surface area contributed by atoms with Gasteiger partial charge in [-0.2, -0.15) is 0 Å². The second-order valence-corrected chi connectivity index (χ2v) is 8.52. The van der Waals surface area contributed by atoms with Crippen molar-refractivity contribution in [2.45, 2.75) is 37.5 Å². The first-order chi connectivity index (χ1) is 14.2. The monoisotopic (exact) mass is 416 g/mol. The Labute approximate surface area is 175 Å². The number of thioether (sulfide) groups is 1. The highest BCUT2D eigenvalue weighted by molar-refractivity contribution is 7.99. The van der Waals surface area contributed by atoms with Crippen molar-refractivity contribution in [1.82, 2.24) is 25.1 Å². The molecule has 8 nitrogen and oxygen atoms in total. The van der Waals surface area contributed by atoms with Crippen molar-refractivity contribution < 1.29 is 9.53 Å². The Hall–Kier alpha value is -2.29. The number of methoxy groups -OCH3 is 1. The van der Waals surface area contributed by atoms with E-state index in [1.54, 1.807) is 18.9 Å². The van der Waals surface area contributed by atoms with Crippen LogP contribution in [0.1, 0.15) is 37.5 Å². The first-order valence-corrected chi connectivity index (χ1v) is 11.4. The highest BCUT2D eigenvalue weighted by Crippen LogP contribution is 2.29. The smallest absolute Gasteiger partial charge is 0.232 e. The number of anilines is 1. The zero-order valence-corrected chi connectivity index (χ0v) is 17.7. The van der Waals surface area contributed by atoms with Gasteiger partial charge in [-0.1, -0.05) is 12.8 Å². The molecule has 29 heavy (non-hydrogen) atoms. The minimum absolute atomic E-state index is 0.198. The van der Waals surface area contributed by atoms with Gasteiger partial charge in [0.05, 0.1) is 24.7 Å². The second kappa shape index (κ2) is 9.47. The molecule has 1 saturated carbocycles. The summed E-state index contributed by atoms with van der Waals surface area (Å²) in [6.45, 7) is 3.21. The lowest BCUT2D eigenvalue weighted by Crippen LogP contribution is -2.49. The summed E-state index contributed by atoms with van der Waals surface area (Å²) in [6, 6.07) is 8.52. The van der Waals surface area contributed by atoms with Crippen LogP contribution in [0.3, 0.4) is 0 Å². The zero-order valence-electron chi connectivity index (χ0n) is 16.9. The number of benzene rings is 1. The lowest BCUT2D eigenvalue weighted by molar-refractivity contribution is -0.128. The fraction of sp³-hybridized carbons (Fsp3) is 0.600. The summed E-state index contributed by atoms with van der Waals surface area (Å²) in [5, 5.41) is 12.2. The van der Waals surface area contributed by atoms with Crippen molar-refractivity contribution in [3.63, 3.8) is 0 Å². The third kappa shape index (κ3) is 4.83. The number of piperazine rings is 1. The minimum atomic E-state index is 0.198. The van der Waals surface area contributed by atoms with Crippen LogP contribution in [0.5, 0.6) is 5.75 Å². The number of aromatic nitrogens is 4. The number of carbonyl (C=O) groups excluding carboxylic acids is 1. The summed E-state index contributed by atoms with van der Waals surface area (Å²) in [6.07, 6.45) is 4.80. The molecule has 0 atom stereocenters. The largest absolute Gasteiger partial charge is 0.497 e. The molecule has 2 heterocycles. The number of hydrogen-bond acceptors (Lipinski definition) is 7. The third-order valence-electron chi connectivity index (χ3n) is 5.76. The Balaban J connectivity index is 1.22. The van der Waals surface area contributed by atoms with Gasteiger partial charge in [0.2, 0.25) is 5.91 Å². The van der Waals surface area contributed by atoms with E-state index in [1.807, 2.05) is 21.7 Å². The van der Waals surface area contributed by atoms with Crippen LogP contribution in [0, 0.1) is 0 Å². The first-order valence-electron chi connectivity index (χ1n) is 10.3. The van der Waals surface area contributed by atoms with E-state index in [1.165, 1.54) is 18.5 Å². The molecule has 2 aromatic rings. The average Bonchev–Trinajstić information content (AvgIpc) is 3.45. The van der Waals surface area contributed by atoms with Crippen LogP contribution in [0.2, 0.25) is 0 Å². The van der Waals surface area contributed by atoms with Gasteiger partial charge in [-0.15, -0.1) is 16.9 Å². The number of ether oxygens (including phenoxy) is 1. The molecule has 4 rings (SSSR count). The molecule has 0 radical (unpaired) electrons. The number of nitrogens with zero attached hydrogens (tertiary/aromatic N) is 6. The van der Waals surface area contributed by atoms with E-state index < -0.39 is 0 Å². The maximum absolute atomic E-state index is 12.6. The van der Waals surface area contributed by atoms with E-state index in [2.05, 4.69) is 32.6 Å². The summed E-state index contributed by atoms with van der Waals surface area (Å²) in [4.78, 5) is 16.9. The van der Waals surface area contributed by atoms with Gasteiger partial charge < -0.3 is 14.5 Å². The average molecular weight is 417 g/mol. The van der Waals surface area contributed by atoms with Gasteiger partial charge in [0.25, 0.3) is 0 Å². The van der Waals surface area contributed by atoms with Gasteiger partial charge in [-0.05, 0) is 47.5 Å². The molecule has 0 spiro atoms. The molecule has 2 fully saturated rings. The van der Waals surface area contributed by atoms with Crippen LogP contribution in [0.15, 0.2) is 24.3 Å². The molecule has 156 valence electrons. The Bertz CT molecular complexity index is 798. The van der Waals surface area contributed by atoms with Crippen LogP contribution >= 0.6 is 11.8 Å². The highest BCUT2D eigenvalue weighted by atomic mass is 32.2. The molecule has 1 aliphatic carbocycles. The molecule has 1 saturated heterocycles. The van der Waals surface area contributed by atoms with Crippen molar-refractivity contribution in [2.75, 3.05) is 43.9 Å². The summed E-state index contributed by atoms with van der Waals surface area (Å²) in [7, 11) is 1.67. The molecule has 2 aliphatic rings. The SMILES string of the molecule is COc1ccc(N2CCN(C(=O)CSCc3nnnn3C3CCCC3)CC2)cc1. The summed E-state index contributed by atoms with van der Waals surface area (Å²) in [5.74, 6) is 3.10. The minimum Gasteiger partial charge on any atom is -0.497 e. The molecule has 0 N–H and O–H groups in total. The Morgan fingerprint density at radius 3 is 2.55 bits per heavy atom. The topological polar surface area (TPSA) is 76.4 Å². The van der Waals surface area contributed by atoms with Crippen molar-refractivity contribution in [3.8, 4) is 5.75 Å². The predicted molar refractivity (Wildman–Crippen MR) is 113 cm³/mol. The van der Waals surface area contributed by atoms with Crippen LogP contribution in [0.25, 0.3) is 0 Å². The molecular formula is C20H28N6O2S. The van der Waals surface area contributed by atoms with E-state index in [0.29, 0.717) is 17.5 Å². The molecule has 1 aromatic carbocycles. The Kier molecular flexibility index (Phi) is 6.53. The summed E-state index contributed by atoms with van der Waals surface area (Å²) < 4.78 is 7.19. The highest BCUT2D eigenvalue weighted by Gasteiger charge is 2.23. The zero-order chi connectivity index (χ0) is 20.1. The number of amides is 1. The van der Waals surface area contributed by atoms with E-state index in [-0.39, 0.29) is 5.91 Å². The van der Waals surface area contributed by atoms with Crippen LogP contribution in [-0.4, -0.2) is 70.1 Å².